The van der Waals surface area contributed by atoms with E-state index in [9.17, 15) is 0 Å². The molecule has 7 nitrogen and oxygen atoms in total. The summed E-state index contributed by atoms with van der Waals surface area (Å²) in [5.41, 5.74) is 1.70. The molecule has 23 heavy (non-hydrogen) atoms. The molecular formula is C16H21N5O2. The van der Waals surface area contributed by atoms with Crippen molar-refractivity contribution in [2.75, 3.05) is 36.9 Å². The van der Waals surface area contributed by atoms with Gasteiger partial charge in [0.25, 0.3) is 0 Å². The molecule has 0 unspecified atom stereocenters. The van der Waals surface area contributed by atoms with E-state index in [1.807, 2.05) is 18.2 Å². The van der Waals surface area contributed by atoms with Crippen LogP contribution in [0.3, 0.4) is 0 Å². The Morgan fingerprint density at radius 1 is 1.30 bits per heavy atom. The molecule has 0 aromatic carbocycles. The van der Waals surface area contributed by atoms with Crippen LogP contribution in [-0.2, 0) is 4.74 Å². The molecule has 7 heteroatoms. The van der Waals surface area contributed by atoms with E-state index in [2.05, 4.69) is 25.6 Å². The monoisotopic (exact) mass is 315 g/mol. The summed E-state index contributed by atoms with van der Waals surface area (Å²) in [6.45, 7) is 1.99. The Bertz CT molecular complexity index is 617. The molecule has 3 heterocycles. The summed E-state index contributed by atoms with van der Waals surface area (Å²) in [5, 5.41) is 15.3. The highest BCUT2D eigenvalue weighted by molar-refractivity contribution is 5.63. The quantitative estimate of drug-likeness (QED) is 0.713. The van der Waals surface area contributed by atoms with Gasteiger partial charge in [-0.05, 0) is 25.0 Å². The molecule has 0 bridgehead atoms. The third-order valence-corrected chi connectivity index (χ3v) is 3.61. The number of ether oxygens (including phenoxy) is 1. The van der Waals surface area contributed by atoms with E-state index in [1.54, 1.807) is 12.4 Å². The smallest absolute Gasteiger partial charge is 0.225 e. The Morgan fingerprint density at radius 3 is 3.00 bits per heavy atom. The summed E-state index contributed by atoms with van der Waals surface area (Å²) in [4.78, 5) is 13.0. The second-order valence-corrected chi connectivity index (χ2v) is 5.37. The zero-order chi connectivity index (χ0) is 15.9. The van der Waals surface area contributed by atoms with Gasteiger partial charge in [-0.15, -0.1) is 0 Å². The molecule has 0 aliphatic carbocycles. The molecule has 0 amide bonds. The Hall–Kier alpha value is -2.25. The van der Waals surface area contributed by atoms with Crippen LogP contribution in [0.25, 0.3) is 11.3 Å². The molecule has 0 spiro atoms. The van der Waals surface area contributed by atoms with Crippen molar-refractivity contribution in [3.63, 3.8) is 0 Å². The molecule has 122 valence electrons. The third-order valence-electron chi connectivity index (χ3n) is 3.61. The maximum Gasteiger partial charge on any atom is 0.225 e. The lowest BCUT2D eigenvalue weighted by Crippen LogP contribution is -2.19. The summed E-state index contributed by atoms with van der Waals surface area (Å²) in [7, 11) is 0. The van der Waals surface area contributed by atoms with Crippen LogP contribution in [0.2, 0.25) is 0 Å². The molecule has 3 rings (SSSR count). The molecule has 1 aliphatic heterocycles. The van der Waals surface area contributed by atoms with Crippen molar-refractivity contribution in [2.24, 2.45) is 0 Å². The minimum Gasteiger partial charge on any atom is -0.395 e. The zero-order valence-electron chi connectivity index (χ0n) is 12.9. The zero-order valence-corrected chi connectivity index (χ0v) is 12.9. The predicted molar refractivity (Wildman–Crippen MR) is 88.3 cm³/mol. The highest BCUT2D eigenvalue weighted by Gasteiger charge is 2.15. The van der Waals surface area contributed by atoms with Gasteiger partial charge in [-0.1, -0.05) is 0 Å². The molecule has 1 atom stereocenters. The maximum atomic E-state index is 8.97. The van der Waals surface area contributed by atoms with Crippen LogP contribution in [0.5, 0.6) is 0 Å². The van der Waals surface area contributed by atoms with Gasteiger partial charge in [0.1, 0.15) is 5.82 Å². The molecule has 1 saturated heterocycles. The van der Waals surface area contributed by atoms with Crippen molar-refractivity contribution in [3.05, 3.63) is 30.6 Å². The topological polar surface area (TPSA) is 92.2 Å². The van der Waals surface area contributed by atoms with E-state index < -0.39 is 0 Å². The molecule has 3 N–H and O–H groups in total. The fourth-order valence-corrected chi connectivity index (χ4v) is 2.47. The average molecular weight is 315 g/mol. The minimum absolute atomic E-state index is 0.0269. The van der Waals surface area contributed by atoms with Crippen molar-refractivity contribution in [2.45, 2.75) is 18.9 Å². The van der Waals surface area contributed by atoms with Gasteiger partial charge in [-0.2, -0.15) is 4.98 Å². The van der Waals surface area contributed by atoms with Gasteiger partial charge >= 0.3 is 0 Å². The van der Waals surface area contributed by atoms with Gasteiger partial charge in [0.15, 0.2) is 0 Å². The number of anilines is 2. The van der Waals surface area contributed by atoms with Gasteiger partial charge in [0.05, 0.1) is 18.4 Å². The number of pyridine rings is 1. The normalized spacial score (nSPS) is 17.2. The number of nitrogens with zero attached hydrogens (tertiary/aromatic N) is 3. The van der Waals surface area contributed by atoms with Crippen molar-refractivity contribution in [1.29, 1.82) is 0 Å². The first kappa shape index (κ1) is 15.6. The fraction of sp³-hybridized carbons (Fsp3) is 0.438. The number of hydrogen-bond donors (Lipinski definition) is 3. The second-order valence-electron chi connectivity index (χ2n) is 5.37. The largest absolute Gasteiger partial charge is 0.395 e. The first-order chi connectivity index (χ1) is 11.3. The maximum absolute atomic E-state index is 8.97. The highest BCUT2D eigenvalue weighted by Crippen LogP contribution is 2.21. The van der Waals surface area contributed by atoms with Crippen molar-refractivity contribution in [3.8, 4) is 11.3 Å². The van der Waals surface area contributed by atoms with Crippen LogP contribution >= 0.6 is 0 Å². The number of aliphatic hydroxyl groups excluding tert-OH is 1. The molecule has 0 radical (unpaired) electrons. The lowest BCUT2D eigenvalue weighted by Gasteiger charge is -2.13. The second kappa shape index (κ2) is 7.85. The Balaban J connectivity index is 1.79. The van der Waals surface area contributed by atoms with Crippen LogP contribution in [-0.4, -0.2) is 52.5 Å². The number of nitrogens with one attached hydrogen (secondary N) is 2. The number of aromatic nitrogens is 3. The predicted octanol–water partition coefficient (Wildman–Crippen LogP) is 1.53. The van der Waals surface area contributed by atoms with E-state index in [0.29, 0.717) is 12.5 Å². The number of hydrogen-bond acceptors (Lipinski definition) is 7. The summed E-state index contributed by atoms with van der Waals surface area (Å²) in [5.74, 6) is 1.21. The van der Waals surface area contributed by atoms with Crippen molar-refractivity contribution < 1.29 is 9.84 Å². The third kappa shape index (κ3) is 4.37. The summed E-state index contributed by atoms with van der Waals surface area (Å²) in [6, 6.07) is 5.73. The van der Waals surface area contributed by atoms with Gasteiger partial charge in [0, 0.05) is 43.7 Å². The van der Waals surface area contributed by atoms with E-state index in [-0.39, 0.29) is 12.7 Å². The molecule has 2 aromatic heterocycles. The van der Waals surface area contributed by atoms with E-state index >= 15 is 0 Å². The molecule has 0 saturated carbocycles. The Morgan fingerprint density at radius 2 is 2.26 bits per heavy atom. The summed E-state index contributed by atoms with van der Waals surface area (Å²) < 4.78 is 5.62. The van der Waals surface area contributed by atoms with E-state index in [1.165, 1.54) is 0 Å². The molecule has 1 aliphatic rings. The summed E-state index contributed by atoms with van der Waals surface area (Å²) in [6.07, 6.45) is 5.92. The lowest BCUT2D eigenvalue weighted by molar-refractivity contribution is 0.120. The van der Waals surface area contributed by atoms with Crippen LogP contribution in [0, 0.1) is 0 Å². The first-order valence-corrected chi connectivity index (χ1v) is 7.85. The standard InChI is InChI=1S/C16H21N5O2/c22-7-6-18-16-20-14(12-3-1-5-17-10-12)9-15(21-16)19-11-13-4-2-8-23-13/h1,3,5,9-10,13,22H,2,4,6-8,11H2,(H2,18,19,20,21)/t13-/m1/s1. The number of rotatable bonds is 7. The first-order valence-electron chi connectivity index (χ1n) is 7.85. The highest BCUT2D eigenvalue weighted by atomic mass is 16.5. The van der Waals surface area contributed by atoms with Gasteiger partial charge in [-0.25, -0.2) is 4.98 Å². The minimum atomic E-state index is 0.0269. The van der Waals surface area contributed by atoms with Crippen molar-refractivity contribution >= 4 is 11.8 Å². The fourth-order valence-electron chi connectivity index (χ4n) is 2.47. The van der Waals surface area contributed by atoms with Gasteiger partial charge < -0.3 is 20.5 Å². The van der Waals surface area contributed by atoms with Crippen LogP contribution < -0.4 is 10.6 Å². The Kier molecular flexibility index (Phi) is 5.33. The lowest BCUT2D eigenvalue weighted by atomic mass is 10.2. The number of aliphatic hydroxyl groups is 1. The van der Waals surface area contributed by atoms with Crippen LogP contribution in [0.15, 0.2) is 30.6 Å². The van der Waals surface area contributed by atoms with E-state index in [0.717, 1.165) is 43.1 Å². The van der Waals surface area contributed by atoms with Gasteiger partial charge in [0.2, 0.25) is 5.95 Å². The molecular weight excluding hydrogens is 294 g/mol. The van der Waals surface area contributed by atoms with Gasteiger partial charge in [-0.3, -0.25) is 4.98 Å². The SMILES string of the molecule is OCCNc1nc(NC[C@H]2CCCO2)cc(-c2cccnc2)n1. The van der Waals surface area contributed by atoms with Crippen LogP contribution in [0.4, 0.5) is 11.8 Å². The van der Waals surface area contributed by atoms with Crippen molar-refractivity contribution in [1.82, 2.24) is 15.0 Å². The average Bonchev–Trinajstić information content (AvgIpc) is 3.12. The van der Waals surface area contributed by atoms with E-state index in [4.69, 9.17) is 9.84 Å². The summed E-state index contributed by atoms with van der Waals surface area (Å²) >= 11 is 0. The molecule has 2 aromatic rings. The molecule has 1 fully saturated rings. The van der Waals surface area contributed by atoms with Crippen LogP contribution in [0.1, 0.15) is 12.8 Å². The Labute approximate surface area is 135 Å².